The number of aliphatic carboxylic acids is 1. The predicted octanol–water partition coefficient (Wildman–Crippen LogP) is 4.48. The summed E-state index contributed by atoms with van der Waals surface area (Å²) < 4.78 is 31.7. The topological polar surface area (TPSA) is 275 Å². The van der Waals surface area contributed by atoms with Crippen LogP contribution in [0.3, 0.4) is 0 Å². The fraction of sp³-hybridized carbons (Fsp3) is 0.411. The first-order valence-corrected chi connectivity index (χ1v) is 25.6. The Morgan fingerprint density at radius 1 is 0.701 bits per heavy atom. The second kappa shape index (κ2) is 28.3. The van der Waals surface area contributed by atoms with Crippen LogP contribution in [0.1, 0.15) is 103 Å². The summed E-state index contributed by atoms with van der Waals surface area (Å²) in [6.45, 7) is 8.01. The number of rotatable bonds is 23. The first kappa shape index (κ1) is 59.9. The maximum absolute atomic E-state index is 14.3. The molecular formula is C56H67F3N8O10. The molecule has 1 unspecified atom stereocenters. The van der Waals surface area contributed by atoms with Crippen molar-refractivity contribution >= 4 is 58.7 Å². The smallest absolute Gasteiger partial charge is 0.475 e. The van der Waals surface area contributed by atoms with E-state index in [1.165, 1.54) is 4.90 Å². The highest BCUT2D eigenvalue weighted by Gasteiger charge is 2.40. The minimum atomic E-state index is -5.08. The quantitative estimate of drug-likeness (QED) is 0.0421. The molecule has 6 amide bonds. The normalized spacial score (nSPS) is 15.7. The Morgan fingerprint density at radius 2 is 1.27 bits per heavy atom. The molecule has 9 N–H and O–H groups in total. The van der Waals surface area contributed by atoms with Gasteiger partial charge in [-0.25, -0.2) is 4.79 Å². The molecule has 1 saturated heterocycles. The third kappa shape index (κ3) is 17.0. The molecule has 21 heteroatoms. The Hall–Kier alpha value is -7.94. The van der Waals surface area contributed by atoms with Crippen molar-refractivity contribution in [2.75, 3.05) is 31.5 Å². The zero-order valence-corrected chi connectivity index (χ0v) is 43.4. The molecular weight excluding hydrogens is 1000 g/mol. The molecule has 0 bridgehead atoms. The summed E-state index contributed by atoms with van der Waals surface area (Å²) in [5.74, 6) is -6.51. The summed E-state index contributed by atoms with van der Waals surface area (Å²) in [6, 6.07) is 25.4. The molecule has 0 aromatic heterocycles. The lowest BCUT2D eigenvalue weighted by Gasteiger charge is -2.29. The van der Waals surface area contributed by atoms with E-state index in [9.17, 15) is 51.5 Å². The Morgan fingerprint density at radius 3 is 1.86 bits per heavy atom. The number of nitrogens with one attached hydrogen (secondary N) is 6. The van der Waals surface area contributed by atoms with Crippen LogP contribution < -0.4 is 37.6 Å². The van der Waals surface area contributed by atoms with Crippen LogP contribution in [0.15, 0.2) is 103 Å². The lowest BCUT2D eigenvalue weighted by molar-refractivity contribution is -0.192. The van der Waals surface area contributed by atoms with Gasteiger partial charge in [-0.3, -0.25) is 38.4 Å². The van der Waals surface area contributed by atoms with Crippen molar-refractivity contribution in [2.24, 2.45) is 17.6 Å². The maximum Gasteiger partial charge on any atom is 0.490 e. The van der Waals surface area contributed by atoms with Gasteiger partial charge in [-0.05, 0) is 54.7 Å². The fourth-order valence-corrected chi connectivity index (χ4v) is 8.92. The number of hydrogen-bond acceptors (Lipinski definition) is 11. The van der Waals surface area contributed by atoms with Crippen molar-refractivity contribution in [2.45, 2.75) is 109 Å². The highest BCUT2D eigenvalue weighted by Crippen LogP contribution is 2.32. The van der Waals surface area contributed by atoms with Crippen LogP contribution in [0.2, 0.25) is 0 Å². The number of benzene rings is 4. The molecule has 1 aliphatic carbocycles. The number of nitrogens with two attached hydrogens (primary N) is 1. The fourth-order valence-electron chi connectivity index (χ4n) is 8.92. The molecule has 6 atom stereocenters. The average molecular weight is 1070 g/mol. The number of alkyl halides is 3. The number of amides is 6. The maximum atomic E-state index is 14.3. The Labute approximate surface area is 444 Å². The van der Waals surface area contributed by atoms with Crippen LogP contribution in [0.4, 0.5) is 18.9 Å². The summed E-state index contributed by atoms with van der Waals surface area (Å²) in [6.07, 6.45) is -2.40. The molecule has 1 fully saturated rings. The molecule has 4 aromatic rings. The number of carbonyl (C=O) groups excluding carboxylic acids is 8. The van der Waals surface area contributed by atoms with Crippen LogP contribution in [-0.2, 0) is 46.4 Å². The molecule has 412 valence electrons. The Bertz CT molecular complexity index is 2740. The number of fused-ring (bicyclic) bond motifs is 2. The van der Waals surface area contributed by atoms with E-state index in [0.29, 0.717) is 73.1 Å². The standard InChI is InChI=1S/C54H66N8O8.C2HF3O2/c1-5-34(4)47(61-51(67)42(30-35-17-8-6-9-18-35)60-50(66)40(55)29-33(2)3)53(69)58-32-45(63)59-43(31-36-19-10-7-11-20-36)54(70)62-28-15-25-44(62)52(68)57-27-16-26-56-41-24-14-23-39-46(41)49(65)38-22-13-12-21-37(38)48(39)64;3-2(4,5)1(6)7/h6-14,17-24,33-34,40,42-44,47,56H,5,15-16,25-32,55H2,1-4H3,(H,57,68)(H,58,69)(H,59,63)(H,60,66)(H,61,67);(H,6,7)/t34?,40-,42-,43-,44+,47-;/m0./s1. The molecule has 1 aliphatic heterocycles. The van der Waals surface area contributed by atoms with E-state index in [1.54, 1.807) is 49.4 Å². The van der Waals surface area contributed by atoms with Crippen molar-refractivity contribution in [1.29, 1.82) is 0 Å². The number of anilines is 1. The molecule has 4 aromatic carbocycles. The first-order chi connectivity index (χ1) is 36.6. The first-order valence-electron chi connectivity index (χ1n) is 25.6. The predicted molar refractivity (Wildman–Crippen MR) is 280 cm³/mol. The number of halogens is 3. The average Bonchev–Trinajstić information content (AvgIpc) is 3.92. The van der Waals surface area contributed by atoms with Crippen molar-refractivity contribution in [3.8, 4) is 0 Å². The van der Waals surface area contributed by atoms with Crippen LogP contribution in [0.25, 0.3) is 0 Å². The molecule has 6 rings (SSSR count). The zero-order valence-electron chi connectivity index (χ0n) is 43.4. The number of carbonyl (C=O) groups is 9. The van der Waals surface area contributed by atoms with E-state index >= 15 is 0 Å². The van der Waals surface area contributed by atoms with Gasteiger partial charge in [0.15, 0.2) is 11.6 Å². The van der Waals surface area contributed by atoms with Gasteiger partial charge in [-0.2, -0.15) is 13.2 Å². The van der Waals surface area contributed by atoms with E-state index < -0.39 is 78.4 Å². The number of hydrogen-bond donors (Lipinski definition) is 8. The lowest BCUT2D eigenvalue weighted by Crippen LogP contribution is -2.59. The lowest BCUT2D eigenvalue weighted by atomic mass is 9.83. The van der Waals surface area contributed by atoms with Gasteiger partial charge in [0.2, 0.25) is 35.4 Å². The zero-order chi connectivity index (χ0) is 56.4. The van der Waals surface area contributed by atoms with Crippen molar-refractivity contribution in [3.63, 3.8) is 0 Å². The highest BCUT2D eigenvalue weighted by atomic mass is 19.4. The Kier molecular flexibility index (Phi) is 22.0. The van der Waals surface area contributed by atoms with Gasteiger partial charge in [0.25, 0.3) is 0 Å². The van der Waals surface area contributed by atoms with Gasteiger partial charge in [-0.15, -0.1) is 0 Å². The van der Waals surface area contributed by atoms with Gasteiger partial charge < -0.3 is 47.6 Å². The van der Waals surface area contributed by atoms with Gasteiger partial charge >= 0.3 is 12.1 Å². The molecule has 1 heterocycles. The van der Waals surface area contributed by atoms with Crippen LogP contribution in [0.5, 0.6) is 0 Å². The number of ketones is 2. The van der Waals surface area contributed by atoms with Crippen LogP contribution in [0, 0.1) is 11.8 Å². The van der Waals surface area contributed by atoms with E-state index in [0.717, 1.165) is 11.1 Å². The van der Waals surface area contributed by atoms with Crippen molar-refractivity contribution < 1.29 is 61.4 Å². The second-order valence-corrected chi connectivity index (χ2v) is 19.4. The monoisotopic (exact) mass is 1070 g/mol. The number of nitrogens with zero attached hydrogens (tertiary/aromatic N) is 1. The summed E-state index contributed by atoms with van der Waals surface area (Å²) >= 11 is 0. The number of carboxylic acids is 1. The van der Waals surface area contributed by atoms with Gasteiger partial charge in [0.1, 0.15) is 24.2 Å². The summed E-state index contributed by atoms with van der Waals surface area (Å²) in [4.78, 5) is 119. The van der Waals surface area contributed by atoms with Crippen molar-refractivity contribution in [3.05, 3.63) is 137 Å². The third-order valence-electron chi connectivity index (χ3n) is 13.1. The van der Waals surface area contributed by atoms with Gasteiger partial charge in [0.05, 0.1) is 18.2 Å². The summed E-state index contributed by atoms with van der Waals surface area (Å²) in [5.41, 5.74) is 9.67. The third-order valence-corrected chi connectivity index (χ3v) is 13.1. The van der Waals surface area contributed by atoms with Crippen LogP contribution >= 0.6 is 0 Å². The molecule has 0 spiro atoms. The highest BCUT2D eigenvalue weighted by molar-refractivity contribution is 6.30. The number of likely N-dealkylation sites (tertiary alicyclic amines) is 1. The molecule has 18 nitrogen and oxygen atoms in total. The van der Waals surface area contributed by atoms with Crippen LogP contribution in [-0.4, -0.2) is 126 Å². The van der Waals surface area contributed by atoms with Crippen molar-refractivity contribution in [1.82, 2.24) is 31.5 Å². The van der Waals surface area contributed by atoms with E-state index in [4.69, 9.17) is 15.6 Å². The number of carboxylic acid groups (broad SMARTS) is 1. The van der Waals surface area contributed by atoms with E-state index in [2.05, 4.69) is 31.9 Å². The van der Waals surface area contributed by atoms with E-state index in [1.807, 2.05) is 81.4 Å². The van der Waals surface area contributed by atoms with Gasteiger partial charge in [0, 0.05) is 54.9 Å². The summed E-state index contributed by atoms with van der Waals surface area (Å²) in [5, 5.41) is 24.4. The largest absolute Gasteiger partial charge is 0.490 e. The second-order valence-electron chi connectivity index (χ2n) is 19.4. The van der Waals surface area contributed by atoms with E-state index in [-0.39, 0.29) is 48.7 Å². The molecule has 2 aliphatic rings. The summed E-state index contributed by atoms with van der Waals surface area (Å²) in [7, 11) is 0. The molecule has 0 radical (unpaired) electrons. The Balaban J connectivity index is 0.00000146. The SMILES string of the molecule is CCC(C)[C@H](NC(=O)[C@H](Cc1ccccc1)NC(=O)[C@@H](N)CC(C)C)C(=O)NCC(=O)N[C@@H](Cc1ccccc1)C(=O)N1CCC[C@@H]1C(=O)NCCCNc1cccc2c1C(=O)c1ccccc1C2=O.O=C(O)C(F)(F)F. The minimum Gasteiger partial charge on any atom is -0.475 e. The minimum absolute atomic E-state index is 0.125. The van der Waals surface area contributed by atoms with Gasteiger partial charge in [-0.1, -0.05) is 131 Å². The molecule has 0 saturated carbocycles. The molecule has 77 heavy (non-hydrogen) atoms.